The summed E-state index contributed by atoms with van der Waals surface area (Å²) in [6.07, 6.45) is 5.21. The number of aromatic amines is 1. The highest BCUT2D eigenvalue weighted by molar-refractivity contribution is 5.83. The van der Waals surface area contributed by atoms with E-state index < -0.39 is 0 Å². The third kappa shape index (κ3) is 6.44. The average molecular weight is 404 g/mol. The number of ether oxygens (including phenoxy) is 1. The van der Waals surface area contributed by atoms with Crippen LogP contribution in [-0.4, -0.2) is 68.8 Å². The van der Waals surface area contributed by atoms with E-state index in [1.165, 1.54) is 24.5 Å². The lowest BCUT2D eigenvalue weighted by Crippen LogP contribution is -2.40. The highest BCUT2D eigenvalue weighted by Gasteiger charge is 2.18. The van der Waals surface area contributed by atoms with Crippen LogP contribution in [-0.2, 0) is 11.2 Å². The zero-order valence-electron chi connectivity index (χ0n) is 17.6. The zero-order valence-corrected chi connectivity index (χ0v) is 17.6. The lowest BCUT2D eigenvalue weighted by molar-refractivity contribution is 0.121. The molecule has 2 aromatic rings. The van der Waals surface area contributed by atoms with Crippen molar-refractivity contribution in [3.05, 3.63) is 35.8 Å². The standard InChI is InChI=1S/C22H34FN5O/c1-3-24-22(27-15-17-7-10-28(11-8-17)12-13-29-2)25-9-6-18-16-26-21-14-19(23)4-5-20(18)21/h4-5,14,16-17,26H,3,6-13,15H2,1-2H3,(H2,24,25,27). The predicted octanol–water partition coefficient (Wildman–Crippen LogP) is 2.76. The molecule has 0 atom stereocenters. The maximum Gasteiger partial charge on any atom is 0.191 e. The van der Waals surface area contributed by atoms with Gasteiger partial charge in [0.15, 0.2) is 5.96 Å². The van der Waals surface area contributed by atoms with Crippen molar-refractivity contribution in [2.75, 3.05) is 53.0 Å². The summed E-state index contributed by atoms with van der Waals surface area (Å²) < 4.78 is 18.5. The van der Waals surface area contributed by atoms with E-state index >= 15 is 0 Å². The van der Waals surface area contributed by atoms with Gasteiger partial charge in [-0.3, -0.25) is 4.99 Å². The minimum atomic E-state index is -0.213. The Morgan fingerprint density at radius 3 is 2.90 bits per heavy atom. The van der Waals surface area contributed by atoms with E-state index in [9.17, 15) is 4.39 Å². The molecule has 29 heavy (non-hydrogen) atoms. The second-order valence-electron chi connectivity index (χ2n) is 7.68. The van der Waals surface area contributed by atoms with Gasteiger partial charge in [0, 0.05) is 50.4 Å². The summed E-state index contributed by atoms with van der Waals surface area (Å²) in [6.45, 7) is 8.67. The molecule has 1 aromatic heterocycles. The van der Waals surface area contributed by atoms with Crippen molar-refractivity contribution in [1.82, 2.24) is 20.5 Å². The number of likely N-dealkylation sites (tertiary alicyclic amines) is 1. The molecule has 1 aromatic carbocycles. The van der Waals surface area contributed by atoms with Gasteiger partial charge in [0.25, 0.3) is 0 Å². The Balaban J connectivity index is 1.45. The minimum absolute atomic E-state index is 0.213. The van der Waals surface area contributed by atoms with Gasteiger partial charge in [0.2, 0.25) is 0 Å². The van der Waals surface area contributed by atoms with Crippen LogP contribution in [0.3, 0.4) is 0 Å². The van der Waals surface area contributed by atoms with Gasteiger partial charge in [-0.1, -0.05) is 0 Å². The van der Waals surface area contributed by atoms with E-state index in [1.54, 1.807) is 13.2 Å². The van der Waals surface area contributed by atoms with E-state index in [0.717, 1.165) is 69.2 Å². The lowest BCUT2D eigenvalue weighted by atomic mass is 9.97. The van der Waals surface area contributed by atoms with Gasteiger partial charge < -0.3 is 25.3 Å². The van der Waals surface area contributed by atoms with Crippen LogP contribution in [0.2, 0.25) is 0 Å². The van der Waals surface area contributed by atoms with Gasteiger partial charge in [-0.2, -0.15) is 0 Å². The molecule has 1 fully saturated rings. The maximum atomic E-state index is 13.3. The van der Waals surface area contributed by atoms with Crippen LogP contribution in [0.15, 0.2) is 29.4 Å². The molecule has 3 rings (SSSR count). The van der Waals surface area contributed by atoms with E-state index in [4.69, 9.17) is 9.73 Å². The number of aliphatic imine (C=N–C) groups is 1. The van der Waals surface area contributed by atoms with Crippen molar-refractivity contribution in [2.45, 2.75) is 26.2 Å². The summed E-state index contributed by atoms with van der Waals surface area (Å²) in [4.78, 5) is 10.4. The molecule has 6 nitrogen and oxygen atoms in total. The van der Waals surface area contributed by atoms with E-state index in [1.807, 2.05) is 12.3 Å². The zero-order chi connectivity index (χ0) is 20.5. The number of fused-ring (bicyclic) bond motifs is 1. The highest BCUT2D eigenvalue weighted by Crippen LogP contribution is 2.19. The Hall–Kier alpha value is -2.12. The van der Waals surface area contributed by atoms with Gasteiger partial charge in [-0.15, -0.1) is 0 Å². The van der Waals surface area contributed by atoms with E-state index in [-0.39, 0.29) is 5.82 Å². The number of methoxy groups -OCH3 is 1. The highest BCUT2D eigenvalue weighted by atomic mass is 19.1. The Morgan fingerprint density at radius 2 is 2.14 bits per heavy atom. The second kappa shape index (κ2) is 11.2. The van der Waals surface area contributed by atoms with Crippen molar-refractivity contribution in [2.24, 2.45) is 10.9 Å². The Morgan fingerprint density at radius 1 is 1.31 bits per heavy atom. The minimum Gasteiger partial charge on any atom is -0.383 e. The first-order valence-electron chi connectivity index (χ1n) is 10.7. The lowest BCUT2D eigenvalue weighted by Gasteiger charge is -2.31. The van der Waals surface area contributed by atoms with Crippen LogP contribution in [0.1, 0.15) is 25.3 Å². The molecule has 160 valence electrons. The first-order chi connectivity index (χ1) is 14.2. The topological polar surface area (TPSA) is 64.7 Å². The fourth-order valence-electron chi connectivity index (χ4n) is 3.86. The maximum absolute atomic E-state index is 13.3. The number of H-pyrrole nitrogens is 1. The van der Waals surface area contributed by atoms with Crippen molar-refractivity contribution in [1.29, 1.82) is 0 Å². The number of benzene rings is 1. The van der Waals surface area contributed by atoms with Crippen molar-refractivity contribution in [3.8, 4) is 0 Å². The quantitative estimate of drug-likeness (QED) is 0.445. The molecule has 7 heteroatoms. The molecule has 3 N–H and O–H groups in total. The molecule has 0 aliphatic carbocycles. The monoisotopic (exact) mass is 403 g/mol. The molecule has 0 bridgehead atoms. The summed E-state index contributed by atoms with van der Waals surface area (Å²) >= 11 is 0. The molecular weight excluding hydrogens is 369 g/mol. The summed E-state index contributed by atoms with van der Waals surface area (Å²) in [5.41, 5.74) is 2.03. The summed E-state index contributed by atoms with van der Waals surface area (Å²) in [5, 5.41) is 7.85. The van der Waals surface area contributed by atoms with Crippen LogP contribution in [0.4, 0.5) is 4.39 Å². The smallest absolute Gasteiger partial charge is 0.191 e. The molecule has 0 amide bonds. The van der Waals surface area contributed by atoms with Crippen LogP contribution in [0.5, 0.6) is 0 Å². The molecule has 1 aliphatic heterocycles. The van der Waals surface area contributed by atoms with Gasteiger partial charge in [-0.25, -0.2) is 4.39 Å². The number of guanidine groups is 1. The van der Waals surface area contributed by atoms with Crippen LogP contribution < -0.4 is 10.6 Å². The molecule has 1 aliphatic rings. The number of nitrogens with one attached hydrogen (secondary N) is 3. The number of piperidine rings is 1. The van der Waals surface area contributed by atoms with Gasteiger partial charge in [0.1, 0.15) is 5.82 Å². The van der Waals surface area contributed by atoms with Crippen molar-refractivity contribution in [3.63, 3.8) is 0 Å². The van der Waals surface area contributed by atoms with Crippen LogP contribution in [0, 0.1) is 11.7 Å². The SMILES string of the molecule is CCNC(=NCC1CCN(CCOC)CC1)NCCc1c[nH]c2cc(F)ccc12. The molecule has 0 unspecified atom stereocenters. The second-order valence-corrected chi connectivity index (χ2v) is 7.68. The first-order valence-corrected chi connectivity index (χ1v) is 10.7. The van der Waals surface area contributed by atoms with Gasteiger partial charge in [-0.05, 0) is 69.0 Å². The number of rotatable bonds is 9. The summed E-state index contributed by atoms with van der Waals surface area (Å²) in [7, 11) is 1.76. The summed E-state index contributed by atoms with van der Waals surface area (Å²) in [5.74, 6) is 1.31. The number of aromatic nitrogens is 1. The summed E-state index contributed by atoms with van der Waals surface area (Å²) in [6, 6.07) is 4.90. The van der Waals surface area contributed by atoms with Gasteiger partial charge >= 0.3 is 0 Å². The van der Waals surface area contributed by atoms with E-state index in [0.29, 0.717) is 5.92 Å². The van der Waals surface area contributed by atoms with Crippen LogP contribution in [0.25, 0.3) is 10.9 Å². The third-order valence-electron chi connectivity index (χ3n) is 5.59. The van der Waals surface area contributed by atoms with Crippen LogP contribution >= 0.6 is 0 Å². The third-order valence-corrected chi connectivity index (χ3v) is 5.59. The Labute approximate surface area is 172 Å². The fraction of sp³-hybridized carbons (Fsp3) is 0.591. The van der Waals surface area contributed by atoms with E-state index in [2.05, 4.69) is 27.4 Å². The van der Waals surface area contributed by atoms with Crippen molar-refractivity contribution < 1.29 is 9.13 Å². The molecule has 0 radical (unpaired) electrons. The largest absolute Gasteiger partial charge is 0.383 e. The first kappa shape index (κ1) is 21.6. The Kier molecular flexibility index (Phi) is 8.31. The molecule has 2 heterocycles. The number of hydrogen-bond acceptors (Lipinski definition) is 3. The fourth-order valence-corrected chi connectivity index (χ4v) is 3.86. The molecular formula is C22H34FN5O. The molecule has 1 saturated heterocycles. The normalized spacial score (nSPS) is 16.4. The number of nitrogens with zero attached hydrogens (tertiary/aromatic N) is 2. The number of hydrogen-bond donors (Lipinski definition) is 3. The van der Waals surface area contributed by atoms with Gasteiger partial charge in [0.05, 0.1) is 6.61 Å². The Bertz CT molecular complexity index is 783. The molecule has 0 spiro atoms. The van der Waals surface area contributed by atoms with Crippen molar-refractivity contribution >= 4 is 16.9 Å². The molecule has 0 saturated carbocycles. The number of halogens is 1. The predicted molar refractivity (Wildman–Crippen MR) is 117 cm³/mol. The average Bonchev–Trinajstić information content (AvgIpc) is 3.13.